The van der Waals surface area contributed by atoms with E-state index >= 15 is 0 Å². The molecule has 0 radical (unpaired) electrons. The molecule has 1 aromatic rings. The van der Waals surface area contributed by atoms with E-state index < -0.39 is 10.7 Å². The lowest BCUT2D eigenvalue weighted by atomic mass is 9.99. The quantitative estimate of drug-likeness (QED) is 0.910. The van der Waals surface area contributed by atoms with Crippen LogP contribution in [-0.2, 0) is 16.0 Å². The van der Waals surface area contributed by atoms with Gasteiger partial charge >= 0.3 is 5.97 Å². The summed E-state index contributed by atoms with van der Waals surface area (Å²) in [6, 6.07) is 8.24. The number of aliphatic carboxylic acids is 1. The molecule has 1 N–H and O–H groups in total. The van der Waals surface area contributed by atoms with E-state index in [1.54, 1.807) is 13.8 Å². The lowest BCUT2D eigenvalue weighted by Gasteiger charge is -2.28. The van der Waals surface area contributed by atoms with Gasteiger partial charge in [0.1, 0.15) is 4.75 Å². The predicted molar refractivity (Wildman–Crippen MR) is 73.0 cm³/mol. The first-order valence-electron chi connectivity index (χ1n) is 6.07. The van der Waals surface area contributed by atoms with E-state index in [4.69, 9.17) is 9.84 Å². The molecule has 1 unspecified atom stereocenters. The van der Waals surface area contributed by atoms with Crippen LogP contribution in [0.5, 0.6) is 0 Å². The van der Waals surface area contributed by atoms with E-state index in [9.17, 15) is 4.79 Å². The summed E-state index contributed by atoms with van der Waals surface area (Å²) >= 11 is 1.43. The van der Waals surface area contributed by atoms with Crippen molar-refractivity contribution in [2.75, 3.05) is 12.4 Å². The van der Waals surface area contributed by atoms with E-state index in [1.807, 2.05) is 12.1 Å². The van der Waals surface area contributed by atoms with Gasteiger partial charge in [0.15, 0.2) is 0 Å². The Kier molecular flexibility index (Phi) is 3.97. The van der Waals surface area contributed by atoms with E-state index in [0.29, 0.717) is 5.75 Å². The van der Waals surface area contributed by atoms with E-state index in [0.717, 1.165) is 13.0 Å². The average Bonchev–Trinajstić information content (AvgIpc) is 2.36. The van der Waals surface area contributed by atoms with Crippen molar-refractivity contribution in [3.8, 4) is 0 Å². The predicted octanol–water partition coefficient (Wildman–Crippen LogP) is 2.90. The first kappa shape index (κ1) is 13.4. The van der Waals surface area contributed by atoms with Crippen molar-refractivity contribution >= 4 is 17.7 Å². The second-order valence-electron chi connectivity index (χ2n) is 4.93. The number of hydrogen-bond donors (Lipinski definition) is 1. The smallest absolute Gasteiger partial charge is 0.319 e. The molecule has 4 heteroatoms. The van der Waals surface area contributed by atoms with Crippen LogP contribution in [0.15, 0.2) is 24.3 Å². The molecule has 0 fully saturated rings. The number of carboxylic acid groups (broad SMARTS) is 1. The summed E-state index contributed by atoms with van der Waals surface area (Å²) in [6.45, 7) is 4.18. The summed E-state index contributed by atoms with van der Waals surface area (Å²) in [5, 5.41) is 9.10. The van der Waals surface area contributed by atoms with Crippen LogP contribution in [0.1, 0.15) is 31.1 Å². The van der Waals surface area contributed by atoms with Crippen LogP contribution in [0.3, 0.4) is 0 Å². The summed E-state index contributed by atoms with van der Waals surface area (Å²) in [5.74, 6) is -0.104. The summed E-state index contributed by atoms with van der Waals surface area (Å²) < 4.78 is 5.00. The summed E-state index contributed by atoms with van der Waals surface area (Å²) in [6.07, 6.45) is 0.957. The van der Waals surface area contributed by atoms with Gasteiger partial charge in [0.05, 0.1) is 12.7 Å². The third-order valence-corrected chi connectivity index (χ3v) is 4.57. The van der Waals surface area contributed by atoms with Crippen LogP contribution in [0.2, 0.25) is 0 Å². The number of benzene rings is 1. The zero-order chi connectivity index (χ0) is 13.2. The molecule has 0 aliphatic carbocycles. The fourth-order valence-electron chi connectivity index (χ4n) is 1.96. The number of hydrogen-bond acceptors (Lipinski definition) is 3. The van der Waals surface area contributed by atoms with Gasteiger partial charge in [-0.15, -0.1) is 11.8 Å². The number of ether oxygens (including phenoxy) is 1. The minimum atomic E-state index is -0.781. The third-order valence-electron chi connectivity index (χ3n) is 3.20. The monoisotopic (exact) mass is 266 g/mol. The Labute approximate surface area is 112 Å². The molecular formula is C14H18O3S. The molecule has 2 rings (SSSR count). The first-order valence-corrected chi connectivity index (χ1v) is 7.06. The Morgan fingerprint density at radius 3 is 2.94 bits per heavy atom. The molecule has 1 atom stereocenters. The molecule has 1 aromatic carbocycles. The number of thioether (sulfide) groups is 1. The average molecular weight is 266 g/mol. The van der Waals surface area contributed by atoms with Gasteiger partial charge in [0.2, 0.25) is 0 Å². The molecule has 0 saturated heterocycles. The molecule has 98 valence electrons. The Morgan fingerprint density at radius 2 is 2.22 bits per heavy atom. The lowest BCUT2D eigenvalue weighted by Crippen LogP contribution is -2.29. The van der Waals surface area contributed by atoms with Gasteiger partial charge in [-0.25, -0.2) is 0 Å². The van der Waals surface area contributed by atoms with Crippen molar-refractivity contribution in [2.24, 2.45) is 0 Å². The van der Waals surface area contributed by atoms with Crippen LogP contribution in [-0.4, -0.2) is 28.2 Å². The van der Waals surface area contributed by atoms with Crippen LogP contribution < -0.4 is 0 Å². The Balaban J connectivity index is 2.06. The van der Waals surface area contributed by atoms with Gasteiger partial charge < -0.3 is 9.84 Å². The molecule has 0 spiro atoms. The van der Waals surface area contributed by atoms with Crippen LogP contribution in [0.25, 0.3) is 0 Å². The fraction of sp³-hybridized carbons (Fsp3) is 0.500. The van der Waals surface area contributed by atoms with Crippen molar-refractivity contribution in [3.05, 3.63) is 35.4 Å². The lowest BCUT2D eigenvalue weighted by molar-refractivity contribution is -0.138. The van der Waals surface area contributed by atoms with Gasteiger partial charge in [-0.1, -0.05) is 24.3 Å². The maximum atomic E-state index is 11.1. The van der Waals surface area contributed by atoms with Gasteiger partial charge in [-0.3, -0.25) is 4.79 Å². The summed E-state index contributed by atoms with van der Waals surface area (Å²) in [5.41, 5.74) is 2.53. The molecule has 0 saturated carbocycles. The van der Waals surface area contributed by atoms with Crippen LogP contribution >= 0.6 is 11.8 Å². The highest BCUT2D eigenvalue weighted by atomic mass is 32.2. The Morgan fingerprint density at radius 1 is 1.50 bits per heavy atom. The molecule has 1 heterocycles. The standard InChI is InChI=1S/C14H18O3S/c1-14(2,13(15)16)18-9-12-11-6-4-3-5-10(11)7-8-17-12/h3-6,12H,7-9H2,1-2H3,(H,15,16). The van der Waals surface area contributed by atoms with Crippen molar-refractivity contribution in [3.63, 3.8) is 0 Å². The SMILES string of the molecule is CC(C)(SCC1OCCc2ccccc21)C(=O)O. The second kappa shape index (κ2) is 5.33. The molecule has 0 amide bonds. The minimum Gasteiger partial charge on any atom is -0.480 e. The highest BCUT2D eigenvalue weighted by Crippen LogP contribution is 2.34. The summed E-state index contributed by atoms with van der Waals surface area (Å²) in [4.78, 5) is 11.1. The van der Waals surface area contributed by atoms with Crippen molar-refractivity contribution < 1.29 is 14.6 Å². The highest BCUT2D eigenvalue weighted by Gasteiger charge is 2.30. The highest BCUT2D eigenvalue weighted by molar-refractivity contribution is 8.01. The van der Waals surface area contributed by atoms with E-state index in [1.165, 1.54) is 22.9 Å². The Bertz CT molecular complexity index is 442. The minimum absolute atomic E-state index is 0.0126. The van der Waals surface area contributed by atoms with Crippen molar-refractivity contribution in [1.29, 1.82) is 0 Å². The second-order valence-corrected chi connectivity index (χ2v) is 6.58. The van der Waals surface area contributed by atoms with Crippen molar-refractivity contribution in [2.45, 2.75) is 31.1 Å². The fourth-order valence-corrected chi connectivity index (χ4v) is 2.93. The first-order chi connectivity index (χ1) is 8.50. The topological polar surface area (TPSA) is 46.5 Å². The van der Waals surface area contributed by atoms with Gasteiger partial charge in [0, 0.05) is 5.75 Å². The van der Waals surface area contributed by atoms with E-state index in [2.05, 4.69) is 12.1 Å². The third kappa shape index (κ3) is 2.87. The zero-order valence-corrected chi connectivity index (χ0v) is 11.5. The molecule has 3 nitrogen and oxygen atoms in total. The van der Waals surface area contributed by atoms with Gasteiger partial charge in [-0.05, 0) is 31.4 Å². The summed E-state index contributed by atoms with van der Waals surface area (Å²) in [7, 11) is 0. The molecule has 18 heavy (non-hydrogen) atoms. The normalized spacial score (nSPS) is 19.3. The van der Waals surface area contributed by atoms with Crippen LogP contribution in [0.4, 0.5) is 0 Å². The maximum Gasteiger partial charge on any atom is 0.319 e. The van der Waals surface area contributed by atoms with Crippen LogP contribution in [0, 0.1) is 0 Å². The molecule has 1 aliphatic heterocycles. The zero-order valence-electron chi connectivity index (χ0n) is 10.7. The molecular weight excluding hydrogens is 248 g/mol. The van der Waals surface area contributed by atoms with E-state index in [-0.39, 0.29) is 6.10 Å². The maximum absolute atomic E-state index is 11.1. The van der Waals surface area contributed by atoms with Gasteiger partial charge in [-0.2, -0.15) is 0 Å². The number of rotatable bonds is 4. The largest absolute Gasteiger partial charge is 0.480 e. The Hall–Kier alpha value is -1.00. The number of carboxylic acids is 1. The number of carbonyl (C=O) groups is 1. The van der Waals surface area contributed by atoms with Crippen molar-refractivity contribution in [1.82, 2.24) is 0 Å². The molecule has 1 aliphatic rings. The molecule has 0 bridgehead atoms. The molecule has 0 aromatic heterocycles. The van der Waals surface area contributed by atoms with Gasteiger partial charge in [0.25, 0.3) is 0 Å². The number of fused-ring (bicyclic) bond motifs is 1.